The Balaban J connectivity index is 0.000000640. The predicted octanol–water partition coefficient (Wildman–Crippen LogP) is 2.31. The van der Waals surface area contributed by atoms with Crippen LogP contribution < -0.4 is 5.32 Å². The summed E-state index contributed by atoms with van der Waals surface area (Å²) in [6.45, 7) is 5.36. The molecule has 0 amide bonds. The molecule has 2 heterocycles. The van der Waals surface area contributed by atoms with Gasteiger partial charge >= 0.3 is 0 Å². The molecule has 4 heteroatoms. The van der Waals surface area contributed by atoms with E-state index in [4.69, 9.17) is 0 Å². The van der Waals surface area contributed by atoms with Crippen LogP contribution in [0.1, 0.15) is 32.1 Å². The van der Waals surface area contributed by atoms with Crippen LogP contribution in [0.25, 0.3) is 0 Å². The molecule has 0 aromatic carbocycles. The zero-order valence-electron chi connectivity index (χ0n) is 9.86. The van der Waals surface area contributed by atoms with Gasteiger partial charge in [0.2, 0.25) is 0 Å². The van der Waals surface area contributed by atoms with Crippen molar-refractivity contribution in [2.24, 2.45) is 11.8 Å². The first kappa shape index (κ1) is 14.6. The first-order valence-corrected chi connectivity index (χ1v) is 6.40. The van der Waals surface area contributed by atoms with Crippen molar-refractivity contribution in [2.45, 2.75) is 38.1 Å². The van der Waals surface area contributed by atoms with E-state index < -0.39 is 0 Å². The van der Waals surface area contributed by atoms with E-state index in [0.29, 0.717) is 0 Å². The maximum atomic E-state index is 3.57. The number of piperidine rings is 1. The molecule has 3 rings (SSSR count). The molecular weight excluding hydrogens is 243 g/mol. The standard InChI is InChI=1S/C12H22N2.2ClH/c1-2-6-14(7-3-1)12-5-4-10-8-13-9-11(10)12;;/h10-13H,1-9H2;2*1H. The topological polar surface area (TPSA) is 15.3 Å². The van der Waals surface area contributed by atoms with E-state index in [2.05, 4.69) is 10.2 Å². The maximum Gasteiger partial charge on any atom is 0.0139 e. The van der Waals surface area contributed by atoms with Gasteiger partial charge in [-0.05, 0) is 63.7 Å². The Bertz CT molecular complexity index is 207. The first-order valence-electron chi connectivity index (χ1n) is 6.40. The van der Waals surface area contributed by atoms with Crippen molar-refractivity contribution in [3.63, 3.8) is 0 Å². The zero-order valence-corrected chi connectivity index (χ0v) is 11.5. The molecule has 0 radical (unpaired) electrons. The largest absolute Gasteiger partial charge is 0.316 e. The molecule has 3 fully saturated rings. The molecule has 2 saturated heterocycles. The maximum absolute atomic E-state index is 3.57. The third-order valence-corrected chi connectivity index (χ3v) is 4.58. The van der Waals surface area contributed by atoms with E-state index in [1.54, 1.807) is 0 Å². The summed E-state index contributed by atoms with van der Waals surface area (Å²) in [6, 6.07) is 0.940. The van der Waals surface area contributed by atoms with E-state index >= 15 is 0 Å². The normalized spacial score (nSPS) is 38.6. The van der Waals surface area contributed by atoms with Crippen LogP contribution in [0.3, 0.4) is 0 Å². The molecule has 1 saturated carbocycles. The van der Waals surface area contributed by atoms with Crippen LogP contribution in [-0.2, 0) is 0 Å². The van der Waals surface area contributed by atoms with E-state index in [-0.39, 0.29) is 24.8 Å². The van der Waals surface area contributed by atoms with Crippen LogP contribution in [0.5, 0.6) is 0 Å². The smallest absolute Gasteiger partial charge is 0.0139 e. The van der Waals surface area contributed by atoms with E-state index in [1.807, 2.05) is 0 Å². The average Bonchev–Trinajstić information content (AvgIpc) is 2.79. The number of halogens is 2. The van der Waals surface area contributed by atoms with Crippen molar-refractivity contribution in [3.05, 3.63) is 0 Å². The molecule has 16 heavy (non-hydrogen) atoms. The Morgan fingerprint density at radius 2 is 1.62 bits per heavy atom. The van der Waals surface area contributed by atoms with Gasteiger partial charge in [-0.15, -0.1) is 24.8 Å². The number of nitrogens with one attached hydrogen (secondary N) is 1. The average molecular weight is 267 g/mol. The van der Waals surface area contributed by atoms with Crippen LogP contribution in [-0.4, -0.2) is 37.1 Å². The Hall–Kier alpha value is 0.500. The molecule has 2 nitrogen and oxygen atoms in total. The molecule has 0 aromatic rings. The number of hydrogen-bond donors (Lipinski definition) is 1. The third-order valence-electron chi connectivity index (χ3n) is 4.58. The highest BCUT2D eigenvalue weighted by Crippen LogP contribution is 2.38. The fraction of sp³-hybridized carbons (Fsp3) is 1.00. The van der Waals surface area contributed by atoms with Gasteiger partial charge in [-0.2, -0.15) is 0 Å². The third kappa shape index (κ3) is 2.66. The number of rotatable bonds is 1. The summed E-state index contributed by atoms with van der Waals surface area (Å²) in [4.78, 5) is 2.79. The number of fused-ring (bicyclic) bond motifs is 1. The second-order valence-corrected chi connectivity index (χ2v) is 5.32. The fourth-order valence-electron chi connectivity index (χ4n) is 3.82. The van der Waals surface area contributed by atoms with Gasteiger partial charge < -0.3 is 10.2 Å². The summed E-state index contributed by atoms with van der Waals surface area (Å²) in [5, 5.41) is 3.57. The number of hydrogen-bond acceptors (Lipinski definition) is 2. The summed E-state index contributed by atoms with van der Waals surface area (Å²) in [5.74, 6) is 2.01. The van der Waals surface area contributed by atoms with Crippen LogP contribution in [0.15, 0.2) is 0 Å². The van der Waals surface area contributed by atoms with Gasteiger partial charge in [0.15, 0.2) is 0 Å². The van der Waals surface area contributed by atoms with Crippen LogP contribution >= 0.6 is 24.8 Å². The molecule has 0 aromatic heterocycles. The van der Waals surface area contributed by atoms with Gasteiger partial charge in [0.1, 0.15) is 0 Å². The molecule has 0 bridgehead atoms. The van der Waals surface area contributed by atoms with Crippen molar-refractivity contribution in [1.82, 2.24) is 10.2 Å². The highest BCUT2D eigenvalue weighted by atomic mass is 35.5. The summed E-state index contributed by atoms with van der Waals surface area (Å²) in [6.07, 6.45) is 7.33. The predicted molar refractivity (Wildman–Crippen MR) is 72.8 cm³/mol. The first-order chi connectivity index (χ1) is 6.95. The molecule has 96 valence electrons. The Kier molecular flexibility index (Phi) is 5.86. The summed E-state index contributed by atoms with van der Waals surface area (Å²) in [7, 11) is 0. The van der Waals surface area contributed by atoms with Gasteiger partial charge in [0.05, 0.1) is 0 Å². The highest BCUT2D eigenvalue weighted by Gasteiger charge is 2.41. The minimum absolute atomic E-state index is 0. The zero-order chi connectivity index (χ0) is 9.38. The second kappa shape index (κ2) is 6.44. The van der Waals surface area contributed by atoms with E-state index in [9.17, 15) is 0 Å². The van der Waals surface area contributed by atoms with Crippen LogP contribution in [0.2, 0.25) is 0 Å². The molecule has 0 spiro atoms. The van der Waals surface area contributed by atoms with Crippen molar-refractivity contribution in [1.29, 1.82) is 0 Å². The Morgan fingerprint density at radius 3 is 2.38 bits per heavy atom. The lowest BCUT2D eigenvalue weighted by Crippen LogP contribution is -2.42. The van der Waals surface area contributed by atoms with Gasteiger partial charge in [0.25, 0.3) is 0 Å². The monoisotopic (exact) mass is 266 g/mol. The van der Waals surface area contributed by atoms with Gasteiger partial charge in [0, 0.05) is 6.04 Å². The molecule has 3 atom stereocenters. The summed E-state index contributed by atoms with van der Waals surface area (Å²) >= 11 is 0. The Morgan fingerprint density at radius 1 is 0.875 bits per heavy atom. The van der Waals surface area contributed by atoms with Gasteiger partial charge in [-0.25, -0.2) is 0 Å². The Labute approximate surface area is 111 Å². The second-order valence-electron chi connectivity index (χ2n) is 5.32. The quantitative estimate of drug-likeness (QED) is 0.784. The van der Waals surface area contributed by atoms with Crippen molar-refractivity contribution in [3.8, 4) is 0 Å². The minimum atomic E-state index is 0. The highest BCUT2D eigenvalue weighted by molar-refractivity contribution is 5.85. The van der Waals surface area contributed by atoms with Crippen LogP contribution in [0.4, 0.5) is 0 Å². The molecule has 1 N–H and O–H groups in total. The molecular formula is C12H24Cl2N2. The van der Waals surface area contributed by atoms with E-state index in [0.717, 1.165) is 17.9 Å². The fourth-order valence-corrected chi connectivity index (χ4v) is 3.82. The summed E-state index contributed by atoms with van der Waals surface area (Å²) < 4.78 is 0. The lowest BCUT2D eigenvalue weighted by Gasteiger charge is -2.35. The van der Waals surface area contributed by atoms with Crippen LogP contribution in [0, 0.1) is 11.8 Å². The number of likely N-dealkylation sites (tertiary alicyclic amines) is 1. The molecule has 1 aliphatic carbocycles. The summed E-state index contributed by atoms with van der Waals surface area (Å²) in [5.41, 5.74) is 0. The molecule has 2 aliphatic heterocycles. The minimum Gasteiger partial charge on any atom is -0.316 e. The van der Waals surface area contributed by atoms with Crippen molar-refractivity contribution >= 4 is 24.8 Å². The lowest BCUT2D eigenvalue weighted by molar-refractivity contribution is 0.132. The molecule has 3 unspecified atom stereocenters. The number of nitrogens with zero attached hydrogens (tertiary/aromatic N) is 1. The van der Waals surface area contributed by atoms with Crippen molar-refractivity contribution in [2.75, 3.05) is 26.2 Å². The van der Waals surface area contributed by atoms with E-state index in [1.165, 1.54) is 58.3 Å². The lowest BCUT2D eigenvalue weighted by atomic mass is 9.95. The van der Waals surface area contributed by atoms with Crippen molar-refractivity contribution < 1.29 is 0 Å². The van der Waals surface area contributed by atoms with Gasteiger partial charge in [-0.3, -0.25) is 0 Å². The molecule has 3 aliphatic rings. The van der Waals surface area contributed by atoms with Gasteiger partial charge in [-0.1, -0.05) is 6.42 Å². The SMILES string of the molecule is C1CCN(C2CCC3CNCC32)CC1.Cl.Cl.